The fourth-order valence-electron chi connectivity index (χ4n) is 3.62. The summed E-state index contributed by atoms with van der Waals surface area (Å²) in [5.74, 6) is 3.14. The smallest absolute Gasteiger partial charge is 0.227 e. The lowest BCUT2D eigenvalue weighted by Gasteiger charge is -2.11. The van der Waals surface area contributed by atoms with Gasteiger partial charge in [-0.05, 0) is 49.2 Å². The molecule has 156 valence electrons. The first-order chi connectivity index (χ1) is 14.7. The lowest BCUT2D eigenvalue weighted by atomic mass is 10.2. The highest BCUT2D eigenvalue weighted by Gasteiger charge is 2.16. The number of nitrogens with zero attached hydrogens (tertiary/aromatic N) is 3. The highest BCUT2D eigenvalue weighted by atomic mass is 16.5. The third-order valence-corrected chi connectivity index (χ3v) is 5.19. The maximum atomic E-state index is 12.3. The summed E-state index contributed by atoms with van der Waals surface area (Å²) in [5.41, 5.74) is 1.75. The summed E-state index contributed by atoms with van der Waals surface area (Å²) in [4.78, 5) is 12.3. The standard InChI is InChI=1S/C23H26N4O3/c1-29-19-7-4-5-8-20(19)30-16-14-22(28)24-18-12-10-17(11-13-18)23-26-25-21-9-3-2-6-15-27(21)23/h4-5,7-8,10-13H,2-3,6,9,14-16H2,1H3,(H,24,28). The number of carbonyl (C=O) groups excluding carboxylic acids is 1. The summed E-state index contributed by atoms with van der Waals surface area (Å²) in [6, 6.07) is 15.1. The van der Waals surface area contributed by atoms with Crippen molar-refractivity contribution < 1.29 is 14.3 Å². The van der Waals surface area contributed by atoms with E-state index >= 15 is 0 Å². The molecule has 0 aliphatic carbocycles. The number of ether oxygens (including phenoxy) is 2. The number of para-hydroxylation sites is 2. The minimum atomic E-state index is -0.103. The third-order valence-electron chi connectivity index (χ3n) is 5.19. The maximum Gasteiger partial charge on any atom is 0.227 e. The normalized spacial score (nSPS) is 13.2. The Balaban J connectivity index is 1.32. The zero-order valence-electron chi connectivity index (χ0n) is 17.1. The molecule has 0 radical (unpaired) electrons. The SMILES string of the molecule is COc1ccccc1OCCC(=O)Nc1ccc(-c2nnc3n2CCCCC3)cc1. The van der Waals surface area contributed by atoms with Gasteiger partial charge in [0.15, 0.2) is 17.3 Å². The second kappa shape index (κ2) is 9.43. The minimum absolute atomic E-state index is 0.103. The van der Waals surface area contributed by atoms with Crippen molar-refractivity contribution >= 4 is 11.6 Å². The summed E-state index contributed by atoms with van der Waals surface area (Å²) in [6.07, 6.45) is 4.79. The molecule has 1 N–H and O–H groups in total. The molecule has 0 spiro atoms. The van der Waals surface area contributed by atoms with Crippen molar-refractivity contribution in [3.63, 3.8) is 0 Å². The van der Waals surface area contributed by atoms with Crippen LogP contribution in [0.3, 0.4) is 0 Å². The minimum Gasteiger partial charge on any atom is -0.493 e. The highest BCUT2D eigenvalue weighted by molar-refractivity contribution is 5.91. The number of anilines is 1. The number of aromatic nitrogens is 3. The molecule has 0 fully saturated rings. The van der Waals surface area contributed by atoms with E-state index in [9.17, 15) is 4.79 Å². The van der Waals surface area contributed by atoms with Crippen LogP contribution in [0.5, 0.6) is 11.5 Å². The van der Waals surface area contributed by atoms with Crippen molar-refractivity contribution in [2.24, 2.45) is 0 Å². The van der Waals surface area contributed by atoms with Crippen LogP contribution in [-0.2, 0) is 17.8 Å². The Bertz CT molecular complexity index is 998. The van der Waals surface area contributed by atoms with Crippen LogP contribution in [0.4, 0.5) is 5.69 Å². The van der Waals surface area contributed by atoms with Gasteiger partial charge in [0, 0.05) is 24.2 Å². The first-order valence-electron chi connectivity index (χ1n) is 10.3. The molecule has 1 amide bonds. The first kappa shape index (κ1) is 19.9. The number of aryl methyl sites for hydroxylation is 1. The number of hydrogen-bond acceptors (Lipinski definition) is 5. The molecule has 7 nitrogen and oxygen atoms in total. The maximum absolute atomic E-state index is 12.3. The zero-order valence-corrected chi connectivity index (χ0v) is 17.1. The van der Waals surface area contributed by atoms with Crippen LogP contribution in [0.25, 0.3) is 11.4 Å². The molecule has 0 bridgehead atoms. The molecule has 0 unspecified atom stereocenters. The Morgan fingerprint density at radius 2 is 1.83 bits per heavy atom. The van der Waals surface area contributed by atoms with Gasteiger partial charge in [-0.2, -0.15) is 0 Å². The van der Waals surface area contributed by atoms with E-state index in [1.807, 2.05) is 48.5 Å². The zero-order chi connectivity index (χ0) is 20.8. The van der Waals surface area contributed by atoms with Crippen LogP contribution in [0, 0.1) is 0 Å². The van der Waals surface area contributed by atoms with E-state index in [0.29, 0.717) is 11.5 Å². The Labute approximate surface area is 176 Å². The highest BCUT2D eigenvalue weighted by Crippen LogP contribution is 2.26. The van der Waals surface area contributed by atoms with Gasteiger partial charge in [-0.25, -0.2) is 0 Å². The van der Waals surface area contributed by atoms with Gasteiger partial charge in [0.2, 0.25) is 5.91 Å². The van der Waals surface area contributed by atoms with Gasteiger partial charge in [-0.3, -0.25) is 4.79 Å². The van der Waals surface area contributed by atoms with Gasteiger partial charge in [0.1, 0.15) is 5.82 Å². The molecule has 1 aromatic heterocycles. The van der Waals surface area contributed by atoms with Gasteiger partial charge >= 0.3 is 0 Å². The van der Waals surface area contributed by atoms with Crippen LogP contribution >= 0.6 is 0 Å². The van der Waals surface area contributed by atoms with Gasteiger partial charge < -0.3 is 19.4 Å². The fourth-order valence-corrected chi connectivity index (χ4v) is 3.62. The molecule has 2 aromatic carbocycles. The summed E-state index contributed by atoms with van der Waals surface area (Å²) >= 11 is 0. The van der Waals surface area contributed by atoms with Gasteiger partial charge in [-0.1, -0.05) is 18.6 Å². The molecule has 30 heavy (non-hydrogen) atoms. The fraction of sp³-hybridized carbons (Fsp3) is 0.348. The van der Waals surface area contributed by atoms with Crippen molar-refractivity contribution in [3.05, 3.63) is 54.4 Å². The average Bonchev–Trinajstić information content (AvgIpc) is 3.02. The van der Waals surface area contributed by atoms with Gasteiger partial charge in [0.05, 0.1) is 20.1 Å². The van der Waals surface area contributed by atoms with E-state index in [1.165, 1.54) is 12.8 Å². The summed E-state index contributed by atoms with van der Waals surface area (Å²) in [7, 11) is 1.59. The van der Waals surface area contributed by atoms with E-state index in [0.717, 1.165) is 42.3 Å². The van der Waals surface area contributed by atoms with Crippen molar-refractivity contribution in [2.75, 3.05) is 19.0 Å². The van der Waals surface area contributed by atoms with Gasteiger partial charge in [-0.15, -0.1) is 10.2 Å². The van der Waals surface area contributed by atoms with Crippen LogP contribution in [0.15, 0.2) is 48.5 Å². The van der Waals surface area contributed by atoms with E-state index in [4.69, 9.17) is 9.47 Å². The molecule has 0 saturated heterocycles. The number of amides is 1. The molecule has 0 atom stereocenters. The largest absolute Gasteiger partial charge is 0.493 e. The topological polar surface area (TPSA) is 78.3 Å². The summed E-state index contributed by atoms with van der Waals surface area (Å²) in [6.45, 7) is 1.23. The van der Waals surface area contributed by atoms with Gasteiger partial charge in [0.25, 0.3) is 0 Å². The quantitative estimate of drug-likeness (QED) is 0.639. The number of nitrogens with one attached hydrogen (secondary N) is 1. The van der Waals surface area contributed by atoms with Crippen LogP contribution in [0.2, 0.25) is 0 Å². The second-order valence-electron chi connectivity index (χ2n) is 7.28. The monoisotopic (exact) mass is 406 g/mol. The molecule has 0 saturated carbocycles. The molecule has 3 aromatic rings. The molecule has 1 aliphatic rings. The van der Waals surface area contributed by atoms with E-state index in [1.54, 1.807) is 7.11 Å². The van der Waals surface area contributed by atoms with Crippen molar-refractivity contribution in [3.8, 4) is 22.9 Å². The van der Waals surface area contributed by atoms with E-state index in [2.05, 4.69) is 20.1 Å². The molecule has 1 aliphatic heterocycles. The number of methoxy groups -OCH3 is 1. The lowest BCUT2D eigenvalue weighted by molar-refractivity contribution is -0.116. The summed E-state index contributed by atoms with van der Waals surface area (Å²) < 4.78 is 13.1. The first-order valence-corrected chi connectivity index (χ1v) is 10.3. The Hall–Kier alpha value is -3.35. The predicted molar refractivity (Wildman–Crippen MR) is 115 cm³/mol. The Morgan fingerprint density at radius 1 is 1.03 bits per heavy atom. The number of carbonyl (C=O) groups is 1. The predicted octanol–water partition coefficient (Wildman–Crippen LogP) is 4.09. The lowest BCUT2D eigenvalue weighted by Crippen LogP contribution is -2.15. The van der Waals surface area contributed by atoms with Crippen LogP contribution in [-0.4, -0.2) is 34.4 Å². The average molecular weight is 406 g/mol. The number of fused-ring (bicyclic) bond motifs is 1. The molecular weight excluding hydrogens is 380 g/mol. The van der Waals surface area contributed by atoms with Crippen molar-refractivity contribution in [1.82, 2.24) is 14.8 Å². The molecule has 7 heteroatoms. The number of benzene rings is 2. The number of rotatable bonds is 7. The Kier molecular flexibility index (Phi) is 6.27. The molecular formula is C23H26N4O3. The van der Waals surface area contributed by atoms with Crippen LogP contribution in [0.1, 0.15) is 31.5 Å². The number of hydrogen-bond donors (Lipinski definition) is 1. The Morgan fingerprint density at radius 3 is 2.63 bits per heavy atom. The summed E-state index contributed by atoms with van der Waals surface area (Å²) in [5, 5.41) is 11.6. The van der Waals surface area contributed by atoms with E-state index in [-0.39, 0.29) is 18.9 Å². The van der Waals surface area contributed by atoms with Crippen molar-refractivity contribution in [2.45, 2.75) is 38.6 Å². The van der Waals surface area contributed by atoms with Crippen LogP contribution < -0.4 is 14.8 Å². The third kappa shape index (κ3) is 4.62. The second-order valence-corrected chi connectivity index (χ2v) is 7.28. The molecule has 4 rings (SSSR count). The molecule has 2 heterocycles. The van der Waals surface area contributed by atoms with Crippen molar-refractivity contribution in [1.29, 1.82) is 0 Å². The van der Waals surface area contributed by atoms with E-state index < -0.39 is 0 Å².